The van der Waals surface area contributed by atoms with Gasteiger partial charge in [-0.2, -0.15) is 0 Å². The van der Waals surface area contributed by atoms with Gasteiger partial charge in [-0.05, 0) is 36.4 Å². The lowest BCUT2D eigenvalue weighted by Gasteiger charge is -2.18. The third-order valence-electron chi connectivity index (χ3n) is 4.70. The monoisotopic (exact) mass is 456 g/mol. The van der Waals surface area contributed by atoms with Gasteiger partial charge in [-0.25, -0.2) is 13.4 Å². The molecule has 0 aliphatic rings. The Kier molecular flexibility index (Phi) is 6.06. The average Bonchev–Trinajstić information content (AvgIpc) is 3.45. The molecular formula is C22H20N2O5S2. The van der Waals surface area contributed by atoms with E-state index in [1.165, 1.54) is 34.6 Å². The lowest BCUT2D eigenvalue weighted by Crippen LogP contribution is -2.31. The molecular weight excluding hydrogens is 436 g/mol. The maximum Gasteiger partial charge on any atom is 0.230 e. The number of sulfone groups is 1. The third-order valence-corrected chi connectivity index (χ3v) is 7.49. The normalized spacial score (nSPS) is 11.5. The van der Waals surface area contributed by atoms with Crippen molar-refractivity contribution in [3.63, 3.8) is 0 Å². The summed E-state index contributed by atoms with van der Waals surface area (Å²) in [6.07, 6.45) is 1.36. The molecule has 2 aromatic carbocycles. The van der Waals surface area contributed by atoms with Crippen molar-refractivity contribution in [1.82, 2.24) is 4.98 Å². The number of furan rings is 1. The SMILES string of the molecule is COc1ccc2sc(N(Cc3ccco3)C(=O)CCS(=O)(=O)c3ccccc3)nc2c1. The van der Waals surface area contributed by atoms with Gasteiger partial charge >= 0.3 is 0 Å². The van der Waals surface area contributed by atoms with E-state index in [1.54, 1.807) is 43.5 Å². The van der Waals surface area contributed by atoms with Crippen molar-refractivity contribution in [2.75, 3.05) is 17.8 Å². The summed E-state index contributed by atoms with van der Waals surface area (Å²) in [7, 11) is -1.99. The Hall–Kier alpha value is -3.17. The number of methoxy groups -OCH3 is 1. The van der Waals surface area contributed by atoms with E-state index in [4.69, 9.17) is 9.15 Å². The number of hydrogen-bond acceptors (Lipinski definition) is 7. The zero-order chi connectivity index (χ0) is 21.8. The maximum absolute atomic E-state index is 13.1. The number of thiazole rings is 1. The lowest BCUT2D eigenvalue weighted by molar-refractivity contribution is -0.118. The van der Waals surface area contributed by atoms with Gasteiger partial charge in [0.15, 0.2) is 15.0 Å². The van der Waals surface area contributed by atoms with Crippen LogP contribution in [0.2, 0.25) is 0 Å². The first-order chi connectivity index (χ1) is 15.0. The number of benzene rings is 2. The Morgan fingerprint density at radius 2 is 1.94 bits per heavy atom. The predicted molar refractivity (Wildman–Crippen MR) is 119 cm³/mol. The molecule has 0 aliphatic carbocycles. The summed E-state index contributed by atoms with van der Waals surface area (Å²) in [6, 6.07) is 17.1. The van der Waals surface area contributed by atoms with Crippen LogP contribution in [0.15, 0.2) is 76.2 Å². The van der Waals surface area contributed by atoms with Gasteiger partial charge in [-0.15, -0.1) is 0 Å². The fourth-order valence-electron chi connectivity index (χ4n) is 3.06. The van der Waals surface area contributed by atoms with E-state index >= 15 is 0 Å². The summed E-state index contributed by atoms with van der Waals surface area (Å²) in [5, 5.41) is 0.474. The number of carbonyl (C=O) groups excluding carboxylic acids is 1. The van der Waals surface area contributed by atoms with Crippen molar-refractivity contribution >= 4 is 42.4 Å². The fraction of sp³-hybridized carbons (Fsp3) is 0.182. The van der Waals surface area contributed by atoms with E-state index in [2.05, 4.69) is 4.98 Å². The van der Waals surface area contributed by atoms with Crippen LogP contribution in [0.1, 0.15) is 12.2 Å². The van der Waals surface area contributed by atoms with Crippen LogP contribution in [-0.2, 0) is 21.2 Å². The molecule has 4 aromatic rings. The molecule has 0 bridgehead atoms. The molecule has 0 saturated heterocycles. The molecule has 4 rings (SSSR count). The molecule has 0 N–H and O–H groups in total. The van der Waals surface area contributed by atoms with Gasteiger partial charge in [-0.1, -0.05) is 29.5 Å². The van der Waals surface area contributed by atoms with Gasteiger partial charge in [0, 0.05) is 12.5 Å². The molecule has 1 amide bonds. The molecule has 9 heteroatoms. The van der Waals surface area contributed by atoms with Gasteiger partial charge in [0.2, 0.25) is 5.91 Å². The van der Waals surface area contributed by atoms with Crippen molar-refractivity contribution in [1.29, 1.82) is 0 Å². The van der Waals surface area contributed by atoms with Gasteiger partial charge < -0.3 is 9.15 Å². The molecule has 0 aliphatic heterocycles. The Balaban J connectivity index is 1.59. The van der Waals surface area contributed by atoms with Crippen LogP contribution in [-0.4, -0.2) is 32.2 Å². The first-order valence-electron chi connectivity index (χ1n) is 9.51. The van der Waals surface area contributed by atoms with E-state index < -0.39 is 9.84 Å². The fourth-order valence-corrected chi connectivity index (χ4v) is 5.27. The van der Waals surface area contributed by atoms with E-state index in [1.807, 2.05) is 12.1 Å². The second-order valence-electron chi connectivity index (χ2n) is 6.77. The first kappa shape index (κ1) is 21.1. The highest BCUT2D eigenvalue weighted by atomic mass is 32.2. The Bertz CT molecular complexity index is 1280. The molecule has 160 valence electrons. The summed E-state index contributed by atoms with van der Waals surface area (Å²) in [5.74, 6) is 0.615. The second kappa shape index (κ2) is 8.91. The highest BCUT2D eigenvalue weighted by Gasteiger charge is 2.24. The number of rotatable bonds is 8. The Labute approximate surface area is 183 Å². The van der Waals surface area contributed by atoms with Crippen LogP contribution in [0.5, 0.6) is 5.75 Å². The van der Waals surface area contributed by atoms with Crippen LogP contribution < -0.4 is 9.64 Å². The first-order valence-corrected chi connectivity index (χ1v) is 12.0. The van der Waals surface area contributed by atoms with Gasteiger partial charge in [-0.3, -0.25) is 9.69 Å². The third kappa shape index (κ3) is 4.78. The number of carbonyl (C=O) groups is 1. The minimum Gasteiger partial charge on any atom is -0.497 e. The van der Waals surface area contributed by atoms with Crippen LogP contribution in [0.4, 0.5) is 5.13 Å². The standard InChI is InChI=1S/C22H20N2O5S2/c1-28-16-9-10-20-19(14-16)23-22(30-20)24(15-17-6-5-12-29-17)21(25)11-13-31(26,27)18-7-3-2-4-8-18/h2-10,12,14H,11,13,15H2,1H3. The van der Waals surface area contributed by atoms with Crippen LogP contribution >= 0.6 is 11.3 Å². The quantitative estimate of drug-likeness (QED) is 0.393. The van der Waals surface area contributed by atoms with Gasteiger partial charge in [0.05, 0.1) is 40.8 Å². The van der Waals surface area contributed by atoms with E-state index in [9.17, 15) is 13.2 Å². The molecule has 2 heterocycles. The summed E-state index contributed by atoms with van der Waals surface area (Å²) < 4.78 is 36.8. The van der Waals surface area contributed by atoms with E-state index in [0.29, 0.717) is 22.2 Å². The molecule has 0 saturated carbocycles. The molecule has 0 unspecified atom stereocenters. The minimum absolute atomic E-state index is 0.161. The minimum atomic E-state index is -3.57. The molecule has 31 heavy (non-hydrogen) atoms. The molecule has 0 radical (unpaired) electrons. The van der Waals surface area contributed by atoms with Crippen molar-refractivity contribution in [3.05, 3.63) is 72.7 Å². The molecule has 0 fully saturated rings. The second-order valence-corrected chi connectivity index (χ2v) is 9.89. The molecule has 0 atom stereocenters. The van der Waals surface area contributed by atoms with Crippen molar-refractivity contribution < 1.29 is 22.4 Å². The van der Waals surface area contributed by atoms with Crippen LogP contribution in [0.3, 0.4) is 0 Å². The highest BCUT2D eigenvalue weighted by Crippen LogP contribution is 2.32. The van der Waals surface area contributed by atoms with Gasteiger partial charge in [0.25, 0.3) is 0 Å². The van der Waals surface area contributed by atoms with Crippen molar-refractivity contribution in [2.45, 2.75) is 17.9 Å². The number of hydrogen-bond donors (Lipinski definition) is 0. The highest BCUT2D eigenvalue weighted by molar-refractivity contribution is 7.91. The smallest absolute Gasteiger partial charge is 0.230 e. The maximum atomic E-state index is 13.1. The zero-order valence-electron chi connectivity index (χ0n) is 16.7. The van der Waals surface area contributed by atoms with Crippen molar-refractivity contribution in [2.24, 2.45) is 0 Å². The Morgan fingerprint density at radius 3 is 2.65 bits per heavy atom. The zero-order valence-corrected chi connectivity index (χ0v) is 18.4. The summed E-state index contributed by atoms with van der Waals surface area (Å²) in [4.78, 5) is 19.4. The summed E-state index contributed by atoms with van der Waals surface area (Å²) in [6.45, 7) is 0.161. The van der Waals surface area contributed by atoms with Crippen molar-refractivity contribution in [3.8, 4) is 5.75 Å². The van der Waals surface area contributed by atoms with Crippen LogP contribution in [0.25, 0.3) is 10.2 Å². The van der Waals surface area contributed by atoms with E-state index in [-0.39, 0.29) is 29.5 Å². The summed E-state index contributed by atoms with van der Waals surface area (Å²) in [5.41, 5.74) is 0.702. The largest absolute Gasteiger partial charge is 0.497 e. The number of ether oxygens (including phenoxy) is 1. The lowest BCUT2D eigenvalue weighted by atomic mass is 10.3. The average molecular weight is 457 g/mol. The molecule has 7 nitrogen and oxygen atoms in total. The molecule has 2 aromatic heterocycles. The predicted octanol–water partition coefficient (Wildman–Crippen LogP) is 4.30. The number of fused-ring (bicyclic) bond motifs is 1. The number of anilines is 1. The number of nitrogens with zero attached hydrogens (tertiary/aromatic N) is 2. The molecule has 0 spiro atoms. The van der Waals surface area contributed by atoms with Crippen LogP contribution in [0, 0.1) is 0 Å². The van der Waals surface area contributed by atoms with Gasteiger partial charge in [0.1, 0.15) is 11.5 Å². The number of amides is 1. The number of aromatic nitrogens is 1. The Morgan fingerprint density at radius 1 is 1.13 bits per heavy atom. The summed E-state index contributed by atoms with van der Waals surface area (Å²) >= 11 is 1.35. The van der Waals surface area contributed by atoms with E-state index in [0.717, 1.165) is 4.70 Å². The topological polar surface area (TPSA) is 89.7 Å².